The van der Waals surface area contributed by atoms with E-state index in [9.17, 15) is 0 Å². The molecular formula is C9H14N2O2. The number of hydrogen-bond donors (Lipinski definition) is 0. The molecule has 1 aliphatic heterocycles. The fourth-order valence-corrected chi connectivity index (χ4v) is 1.42. The molecule has 0 aromatic carbocycles. The Labute approximate surface area is 77.5 Å². The minimum Gasteiger partial charge on any atom is -0.432 e. The highest BCUT2D eigenvalue weighted by Crippen LogP contribution is 2.14. The number of hydrogen-bond acceptors (Lipinski definition) is 4. The van der Waals surface area contributed by atoms with E-state index in [1.807, 2.05) is 6.92 Å². The average molecular weight is 182 g/mol. The van der Waals surface area contributed by atoms with Gasteiger partial charge in [0.1, 0.15) is 6.26 Å². The summed E-state index contributed by atoms with van der Waals surface area (Å²) in [7, 11) is 0. The maximum Gasteiger partial charge on any atom is 0.297 e. The van der Waals surface area contributed by atoms with Crippen LogP contribution in [0.15, 0.2) is 10.7 Å². The van der Waals surface area contributed by atoms with Gasteiger partial charge in [0.2, 0.25) is 0 Å². The maximum absolute atomic E-state index is 5.34. The Bertz CT molecular complexity index is 264. The average Bonchev–Trinajstić information content (AvgIpc) is 2.43. The topological polar surface area (TPSA) is 38.5 Å². The van der Waals surface area contributed by atoms with E-state index in [0.717, 1.165) is 44.4 Å². The van der Waals surface area contributed by atoms with Gasteiger partial charge in [-0.1, -0.05) is 0 Å². The normalized spacial score (nSPS) is 18.7. The summed E-state index contributed by atoms with van der Waals surface area (Å²) in [4.78, 5) is 6.40. The predicted molar refractivity (Wildman–Crippen MR) is 48.9 cm³/mol. The summed E-state index contributed by atoms with van der Waals surface area (Å²) in [6.07, 6.45) is 2.72. The maximum atomic E-state index is 5.34. The van der Waals surface area contributed by atoms with E-state index in [4.69, 9.17) is 9.15 Å². The number of ether oxygens (including phenoxy) is 1. The van der Waals surface area contributed by atoms with E-state index in [2.05, 4.69) is 9.88 Å². The van der Waals surface area contributed by atoms with Crippen LogP contribution in [0.4, 0.5) is 6.01 Å². The summed E-state index contributed by atoms with van der Waals surface area (Å²) < 4.78 is 10.7. The van der Waals surface area contributed by atoms with Crippen LogP contribution in [-0.2, 0) is 4.74 Å². The zero-order valence-corrected chi connectivity index (χ0v) is 7.82. The molecule has 1 saturated heterocycles. The lowest BCUT2D eigenvalue weighted by Gasteiger charge is -2.15. The zero-order valence-electron chi connectivity index (χ0n) is 7.82. The van der Waals surface area contributed by atoms with Crippen molar-refractivity contribution in [3.63, 3.8) is 0 Å². The first kappa shape index (κ1) is 8.56. The first-order valence-corrected chi connectivity index (χ1v) is 4.61. The Morgan fingerprint density at radius 2 is 2.31 bits per heavy atom. The van der Waals surface area contributed by atoms with Crippen molar-refractivity contribution in [1.82, 2.24) is 4.98 Å². The molecule has 72 valence electrons. The zero-order chi connectivity index (χ0) is 9.10. The second kappa shape index (κ2) is 3.79. The Morgan fingerprint density at radius 3 is 3.08 bits per heavy atom. The lowest BCUT2D eigenvalue weighted by molar-refractivity contribution is 0.152. The Hall–Kier alpha value is -1.03. The van der Waals surface area contributed by atoms with Crippen molar-refractivity contribution in [2.45, 2.75) is 13.3 Å². The molecule has 1 aromatic rings. The molecule has 0 spiro atoms. The highest BCUT2D eigenvalue weighted by Gasteiger charge is 2.13. The Kier molecular flexibility index (Phi) is 2.49. The summed E-state index contributed by atoms with van der Waals surface area (Å²) in [5.74, 6) is 0. The van der Waals surface area contributed by atoms with Crippen LogP contribution in [0.5, 0.6) is 0 Å². The van der Waals surface area contributed by atoms with Gasteiger partial charge in [-0.3, -0.25) is 0 Å². The van der Waals surface area contributed by atoms with Gasteiger partial charge in [-0.2, -0.15) is 4.98 Å². The summed E-state index contributed by atoms with van der Waals surface area (Å²) in [5.41, 5.74) is 0.931. The number of rotatable bonds is 1. The lowest BCUT2D eigenvalue weighted by Crippen LogP contribution is -2.26. The molecule has 1 fully saturated rings. The molecule has 1 aliphatic rings. The summed E-state index contributed by atoms with van der Waals surface area (Å²) >= 11 is 0. The van der Waals surface area contributed by atoms with Gasteiger partial charge in [0.25, 0.3) is 6.01 Å². The van der Waals surface area contributed by atoms with Crippen molar-refractivity contribution in [1.29, 1.82) is 0 Å². The largest absolute Gasteiger partial charge is 0.432 e. The van der Waals surface area contributed by atoms with E-state index in [1.54, 1.807) is 6.26 Å². The van der Waals surface area contributed by atoms with E-state index >= 15 is 0 Å². The van der Waals surface area contributed by atoms with Crippen molar-refractivity contribution >= 4 is 6.01 Å². The molecule has 2 heterocycles. The van der Waals surface area contributed by atoms with Crippen molar-refractivity contribution in [2.75, 3.05) is 31.2 Å². The van der Waals surface area contributed by atoms with E-state index in [1.165, 1.54) is 0 Å². The number of anilines is 1. The van der Waals surface area contributed by atoms with Crippen LogP contribution in [0.3, 0.4) is 0 Å². The third-order valence-corrected chi connectivity index (χ3v) is 2.10. The number of aromatic nitrogens is 1. The van der Waals surface area contributed by atoms with Crippen LogP contribution in [-0.4, -0.2) is 31.3 Å². The molecule has 0 N–H and O–H groups in total. The molecule has 4 heteroatoms. The van der Waals surface area contributed by atoms with E-state index in [0.29, 0.717) is 0 Å². The first-order chi connectivity index (χ1) is 6.36. The number of oxazole rings is 1. The fourth-order valence-electron chi connectivity index (χ4n) is 1.42. The SMILES string of the molecule is Cc1coc(N2CCCOCC2)n1. The molecule has 0 bridgehead atoms. The second-order valence-electron chi connectivity index (χ2n) is 3.22. The van der Waals surface area contributed by atoms with Crippen LogP contribution in [0.2, 0.25) is 0 Å². The third kappa shape index (κ3) is 2.01. The van der Waals surface area contributed by atoms with Crippen LogP contribution in [0.1, 0.15) is 12.1 Å². The molecular weight excluding hydrogens is 168 g/mol. The van der Waals surface area contributed by atoms with E-state index < -0.39 is 0 Å². The summed E-state index contributed by atoms with van der Waals surface area (Å²) in [6.45, 7) is 5.39. The van der Waals surface area contributed by atoms with Crippen LogP contribution < -0.4 is 4.90 Å². The lowest BCUT2D eigenvalue weighted by atomic mass is 10.4. The molecule has 0 unspecified atom stereocenters. The van der Waals surface area contributed by atoms with Gasteiger partial charge in [0, 0.05) is 19.7 Å². The minimum atomic E-state index is 0.725. The molecule has 13 heavy (non-hydrogen) atoms. The van der Waals surface area contributed by atoms with Crippen molar-refractivity contribution in [3.8, 4) is 0 Å². The highest BCUT2D eigenvalue weighted by atomic mass is 16.5. The quantitative estimate of drug-likeness (QED) is 0.654. The van der Waals surface area contributed by atoms with Crippen LogP contribution in [0.25, 0.3) is 0 Å². The number of aryl methyl sites for hydroxylation is 1. The molecule has 2 rings (SSSR count). The van der Waals surface area contributed by atoms with Gasteiger partial charge < -0.3 is 14.1 Å². The summed E-state index contributed by atoms with van der Waals surface area (Å²) in [5, 5.41) is 0. The molecule has 0 radical (unpaired) electrons. The van der Waals surface area contributed by atoms with Crippen molar-refractivity contribution in [3.05, 3.63) is 12.0 Å². The predicted octanol–water partition coefficient (Wildman–Crippen LogP) is 1.21. The third-order valence-electron chi connectivity index (χ3n) is 2.10. The highest BCUT2D eigenvalue weighted by molar-refractivity contribution is 5.26. The molecule has 0 aliphatic carbocycles. The van der Waals surface area contributed by atoms with Crippen molar-refractivity contribution < 1.29 is 9.15 Å². The smallest absolute Gasteiger partial charge is 0.297 e. The second-order valence-corrected chi connectivity index (χ2v) is 3.22. The van der Waals surface area contributed by atoms with Crippen LogP contribution in [0, 0.1) is 6.92 Å². The minimum absolute atomic E-state index is 0.725. The van der Waals surface area contributed by atoms with Gasteiger partial charge in [0.15, 0.2) is 0 Å². The van der Waals surface area contributed by atoms with E-state index in [-0.39, 0.29) is 0 Å². The number of nitrogens with zero attached hydrogens (tertiary/aromatic N) is 2. The van der Waals surface area contributed by atoms with Crippen LogP contribution >= 0.6 is 0 Å². The monoisotopic (exact) mass is 182 g/mol. The van der Waals surface area contributed by atoms with Gasteiger partial charge in [-0.25, -0.2) is 0 Å². The molecule has 0 saturated carbocycles. The van der Waals surface area contributed by atoms with Gasteiger partial charge in [0.05, 0.1) is 12.3 Å². The molecule has 1 aromatic heterocycles. The Balaban J connectivity index is 2.06. The van der Waals surface area contributed by atoms with Gasteiger partial charge in [-0.15, -0.1) is 0 Å². The standard InChI is InChI=1S/C9H14N2O2/c1-8-7-13-9(10-8)11-3-2-5-12-6-4-11/h7H,2-6H2,1H3. The first-order valence-electron chi connectivity index (χ1n) is 4.61. The fraction of sp³-hybridized carbons (Fsp3) is 0.667. The molecule has 4 nitrogen and oxygen atoms in total. The summed E-state index contributed by atoms with van der Waals surface area (Å²) in [6, 6.07) is 0.725. The Morgan fingerprint density at radius 1 is 1.38 bits per heavy atom. The van der Waals surface area contributed by atoms with Crippen molar-refractivity contribution in [2.24, 2.45) is 0 Å². The molecule has 0 amide bonds. The van der Waals surface area contributed by atoms with Gasteiger partial charge in [-0.05, 0) is 13.3 Å². The van der Waals surface area contributed by atoms with Gasteiger partial charge >= 0.3 is 0 Å². The molecule has 0 atom stereocenters.